The highest BCUT2D eigenvalue weighted by Gasteiger charge is 2.17. The van der Waals surface area contributed by atoms with Gasteiger partial charge < -0.3 is 15.6 Å². The van der Waals surface area contributed by atoms with Crippen molar-refractivity contribution in [3.05, 3.63) is 27.8 Å². The van der Waals surface area contributed by atoms with Crippen molar-refractivity contribution in [3.63, 3.8) is 0 Å². The molecule has 1 aromatic carbocycles. The van der Waals surface area contributed by atoms with E-state index in [0.29, 0.717) is 23.7 Å². The van der Waals surface area contributed by atoms with Gasteiger partial charge in [0.15, 0.2) is 0 Å². The van der Waals surface area contributed by atoms with Crippen LogP contribution in [0.25, 0.3) is 0 Å². The summed E-state index contributed by atoms with van der Waals surface area (Å²) in [6, 6.07) is 1.84. The lowest BCUT2D eigenvalue weighted by molar-refractivity contribution is 0.169. The number of aryl methyl sites for hydroxylation is 1. The fourth-order valence-corrected chi connectivity index (χ4v) is 2.13. The van der Waals surface area contributed by atoms with Crippen LogP contribution in [0.2, 0.25) is 5.02 Å². The Hall–Kier alpha value is -0.770. The Morgan fingerprint density at radius 3 is 2.62 bits per heavy atom. The van der Waals surface area contributed by atoms with Crippen LogP contribution < -0.4 is 10.5 Å². The van der Waals surface area contributed by atoms with E-state index in [2.05, 4.69) is 0 Å². The number of rotatable bonds is 4. The van der Waals surface area contributed by atoms with Crippen molar-refractivity contribution >= 4 is 11.6 Å². The van der Waals surface area contributed by atoms with Gasteiger partial charge in [-0.2, -0.15) is 0 Å². The molecule has 0 fully saturated rings. The van der Waals surface area contributed by atoms with Crippen LogP contribution in [-0.4, -0.2) is 18.8 Å². The van der Waals surface area contributed by atoms with Crippen LogP contribution in [0, 0.1) is 13.8 Å². The van der Waals surface area contributed by atoms with Crippen LogP contribution in [-0.2, 0) is 0 Å². The second kappa shape index (κ2) is 5.53. The largest absolute Gasteiger partial charge is 0.495 e. The fourth-order valence-electron chi connectivity index (χ4n) is 1.90. The molecule has 0 amide bonds. The molecule has 4 heteroatoms. The van der Waals surface area contributed by atoms with Gasteiger partial charge in [0.25, 0.3) is 0 Å². The van der Waals surface area contributed by atoms with E-state index in [9.17, 15) is 5.11 Å². The molecule has 1 unspecified atom stereocenters. The average molecular weight is 244 g/mol. The van der Waals surface area contributed by atoms with Crippen molar-refractivity contribution in [2.45, 2.75) is 26.4 Å². The summed E-state index contributed by atoms with van der Waals surface area (Å²) >= 11 is 6.15. The van der Waals surface area contributed by atoms with E-state index in [1.54, 1.807) is 7.11 Å². The Balaban J connectivity index is 3.24. The topological polar surface area (TPSA) is 55.5 Å². The molecular formula is C12H18ClNO2. The zero-order chi connectivity index (χ0) is 12.3. The molecule has 0 aliphatic carbocycles. The fraction of sp³-hybridized carbons (Fsp3) is 0.500. The Labute approximate surface area is 101 Å². The number of methoxy groups -OCH3 is 1. The first kappa shape index (κ1) is 13.3. The summed E-state index contributed by atoms with van der Waals surface area (Å²) < 4.78 is 5.16. The second-order valence-corrected chi connectivity index (χ2v) is 4.22. The molecule has 0 aromatic heterocycles. The van der Waals surface area contributed by atoms with Crippen LogP contribution >= 0.6 is 11.6 Å². The van der Waals surface area contributed by atoms with Gasteiger partial charge in [-0.1, -0.05) is 11.6 Å². The minimum Gasteiger partial charge on any atom is -0.495 e. The predicted octanol–water partition coefficient (Wildman–Crippen LogP) is 2.35. The first-order valence-electron chi connectivity index (χ1n) is 5.24. The maximum Gasteiger partial charge on any atom is 0.138 e. The molecule has 0 heterocycles. The van der Waals surface area contributed by atoms with Gasteiger partial charge in [-0.25, -0.2) is 0 Å². The van der Waals surface area contributed by atoms with Gasteiger partial charge in [-0.15, -0.1) is 0 Å². The Morgan fingerprint density at radius 2 is 2.12 bits per heavy atom. The summed E-state index contributed by atoms with van der Waals surface area (Å²) in [5, 5.41) is 10.5. The van der Waals surface area contributed by atoms with Crippen molar-refractivity contribution in [1.29, 1.82) is 0 Å². The molecule has 0 radical (unpaired) electrons. The number of benzene rings is 1. The van der Waals surface area contributed by atoms with E-state index in [1.807, 2.05) is 19.9 Å². The molecule has 0 spiro atoms. The van der Waals surface area contributed by atoms with Crippen LogP contribution in [0.5, 0.6) is 5.75 Å². The molecule has 3 nitrogen and oxygen atoms in total. The minimum atomic E-state index is -0.562. The normalized spacial score (nSPS) is 12.6. The van der Waals surface area contributed by atoms with E-state index in [1.165, 1.54) is 0 Å². The van der Waals surface area contributed by atoms with Gasteiger partial charge >= 0.3 is 0 Å². The molecule has 0 aliphatic rings. The summed E-state index contributed by atoms with van der Waals surface area (Å²) in [5.74, 6) is 0.639. The van der Waals surface area contributed by atoms with Crippen LogP contribution in [0.3, 0.4) is 0 Å². The Bertz CT molecular complexity index is 380. The van der Waals surface area contributed by atoms with Crippen molar-refractivity contribution in [2.24, 2.45) is 5.73 Å². The highest BCUT2D eigenvalue weighted by Crippen LogP contribution is 2.36. The third-order valence-corrected chi connectivity index (χ3v) is 3.18. The number of halogens is 1. The highest BCUT2D eigenvalue weighted by atomic mass is 35.5. The van der Waals surface area contributed by atoms with E-state index >= 15 is 0 Å². The van der Waals surface area contributed by atoms with Gasteiger partial charge in [0, 0.05) is 0 Å². The van der Waals surface area contributed by atoms with Crippen LogP contribution in [0.15, 0.2) is 6.07 Å². The summed E-state index contributed by atoms with van der Waals surface area (Å²) in [5.41, 5.74) is 8.13. The third-order valence-electron chi connectivity index (χ3n) is 2.72. The summed E-state index contributed by atoms with van der Waals surface area (Å²) in [6.07, 6.45) is -0.0296. The standard InChI is InChI=1S/C12H18ClNO2/c1-7-6-10(16-3)12(13)8(2)11(7)9(15)4-5-14/h6,9,15H,4-5,14H2,1-3H3. The number of aliphatic hydroxyl groups excluding tert-OH is 1. The van der Waals surface area contributed by atoms with E-state index in [0.717, 1.165) is 16.7 Å². The molecule has 1 rings (SSSR count). The molecule has 1 aromatic rings. The summed E-state index contributed by atoms with van der Waals surface area (Å²) in [6.45, 7) is 4.26. The molecule has 0 aliphatic heterocycles. The van der Waals surface area contributed by atoms with Gasteiger partial charge in [0.05, 0.1) is 18.2 Å². The predicted molar refractivity (Wildman–Crippen MR) is 66.1 cm³/mol. The van der Waals surface area contributed by atoms with E-state index in [-0.39, 0.29) is 0 Å². The molecule has 0 saturated carbocycles. The summed E-state index contributed by atoms with van der Waals surface area (Å²) in [7, 11) is 1.58. The third kappa shape index (κ3) is 2.48. The van der Waals surface area contributed by atoms with E-state index < -0.39 is 6.10 Å². The van der Waals surface area contributed by atoms with Crippen molar-refractivity contribution in [2.75, 3.05) is 13.7 Å². The lowest BCUT2D eigenvalue weighted by Gasteiger charge is -2.18. The lowest BCUT2D eigenvalue weighted by atomic mass is 9.95. The number of hydrogen-bond acceptors (Lipinski definition) is 3. The van der Waals surface area contributed by atoms with Gasteiger partial charge in [0.1, 0.15) is 5.75 Å². The zero-order valence-corrected chi connectivity index (χ0v) is 10.6. The molecule has 0 saturated heterocycles. The number of ether oxygens (including phenoxy) is 1. The molecule has 3 N–H and O–H groups in total. The van der Waals surface area contributed by atoms with Crippen molar-refractivity contribution in [3.8, 4) is 5.75 Å². The maximum atomic E-state index is 9.99. The molecule has 90 valence electrons. The van der Waals surface area contributed by atoms with Crippen molar-refractivity contribution in [1.82, 2.24) is 0 Å². The summed E-state index contributed by atoms with van der Waals surface area (Å²) in [4.78, 5) is 0. The SMILES string of the molecule is COc1cc(C)c(C(O)CCN)c(C)c1Cl. The Morgan fingerprint density at radius 1 is 1.50 bits per heavy atom. The number of hydrogen-bond donors (Lipinski definition) is 2. The highest BCUT2D eigenvalue weighted by molar-refractivity contribution is 6.33. The smallest absolute Gasteiger partial charge is 0.138 e. The lowest BCUT2D eigenvalue weighted by Crippen LogP contribution is -2.10. The van der Waals surface area contributed by atoms with Gasteiger partial charge in [-0.05, 0) is 49.6 Å². The first-order valence-corrected chi connectivity index (χ1v) is 5.62. The second-order valence-electron chi connectivity index (χ2n) is 3.84. The number of nitrogens with two attached hydrogens (primary N) is 1. The molecular weight excluding hydrogens is 226 g/mol. The first-order chi connectivity index (χ1) is 7.52. The molecule has 0 bridgehead atoms. The Kier molecular flexibility index (Phi) is 4.59. The average Bonchev–Trinajstić information content (AvgIpc) is 2.24. The quantitative estimate of drug-likeness (QED) is 0.854. The molecule has 1 atom stereocenters. The van der Waals surface area contributed by atoms with E-state index in [4.69, 9.17) is 22.1 Å². The van der Waals surface area contributed by atoms with Crippen LogP contribution in [0.1, 0.15) is 29.2 Å². The van der Waals surface area contributed by atoms with Gasteiger partial charge in [0.2, 0.25) is 0 Å². The van der Waals surface area contributed by atoms with Gasteiger partial charge in [-0.3, -0.25) is 0 Å². The van der Waals surface area contributed by atoms with Crippen molar-refractivity contribution < 1.29 is 9.84 Å². The maximum absolute atomic E-state index is 9.99. The minimum absolute atomic E-state index is 0.448. The van der Waals surface area contributed by atoms with Crippen LogP contribution in [0.4, 0.5) is 0 Å². The monoisotopic (exact) mass is 243 g/mol. The molecule has 16 heavy (non-hydrogen) atoms. The zero-order valence-electron chi connectivity index (χ0n) is 9.88. The number of aliphatic hydroxyl groups is 1.